The van der Waals surface area contributed by atoms with Crippen molar-refractivity contribution >= 4 is 58.9 Å². The first kappa shape index (κ1) is 58.0. The Morgan fingerprint density at radius 2 is 0.756 bits per heavy atom. The van der Waals surface area contributed by atoms with Gasteiger partial charge in [0.1, 0.15) is 24.2 Å². The van der Waals surface area contributed by atoms with Crippen LogP contribution in [0.5, 0.6) is 0 Å². The molecule has 0 aromatic heterocycles. The van der Waals surface area contributed by atoms with Crippen LogP contribution in [0.3, 0.4) is 0 Å². The minimum absolute atomic E-state index is 0.168. The molecule has 4 fully saturated rings. The number of nitrogens with zero attached hydrogens (tertiary/aromatic N) is 4. The second kappa shape index (κ2) is 26.8. The van der Waals surface area contributed by atoms with Crippen LogP contribution in [0, 0.1) is 0 Å². The Morgan fingerprint density at radius 3 is 1.06 bits per heavy atom. The van der Waals surface area contributed by atoms with E-state index >= 15 is 0 Å². The average molecular weight is 1120 g/mol. The molecular formula is C62H74N12O8. The summed E-state index contributed by atoms with van der Waals surface area (Å²) in [7, 11) is 3.26. The van der Waals surface area contributed by atoms with Crippen molar-refractivity contribution in [3.63, 3.8) is 0 Å². The number of hydrogen-bond acceptors (Lipinski definition) is 10. The third-order valence-corrected chi connectivity index (χ3v) is 16.3. The van der Waals surface area contributed by atoms with Crippen LogP contribution in [-0.2, 0) is 28.8 Å². The van der Waals surface area contributed by atoms with Gasteiger partial charge in [-0.3, -0.25) is 28.8 Å². The van der Waals surface area contributed by atoms with Gasteiger partial charge in [0.2, 0.25) is 35.4 Å². The summed E-state index contributed by atoms with van der Waals surface area (Å²) in [5, 5.41) is 23.8. The van der Waals surface area contributed by atoms with Crippen molar-refractivity contribution in [3.8, 4) is 0 Å². The van der Waals surface area contributed by atoms with Crippen LogP contribution in [0.15, 0.2) is 146 Å². The van der Waals surface area contributed by atoms with Gasteiger partial charge >= 0.3 is 12.1 Å². The SMILES string of the molecule is CN[C@@H](C)C(=O)N[C@H]1CN(C(=O)Nc2ccc(NC(=O)N3CC[C@H]4CC[C@@H](C(=O)NC(c5ccccc5)c5ccccc5)N4C(=O)[C@@H](NC(=O)[C@H](C)NC)C3)cc2)CC[C@H]2CC[C@@H](C(=O)NC(c3ccccc3)c3ccccc3)N2C1=O. The minimum Gasteiger partial charge on any atom is -0.343 e. The molecule has 9 rings (SSSR count). The highest BCUT2D eigenvalue weighted by atomic mass is 16.2. The zero-order valence-corrected chi connectivity index (χ0v) is 46.8. The maximum atomic E-state index is 14.8. The molecule has 8 atom stereocenters. The summed E-state index contributed by atoms with van der Waals surface area (Å²) < 4.78 is 0. The Bertz CT molecular complexity index is 2770. The first-order valence-electron chi connectivity index (χ1n) is 28.3. The van der Waals surface area contributed by atoms with E-state index < -0.39 is 84.0 Å². The van der Waals surface area contributed by atoms with Crippen LogP contribution in [0.1, 0.15) is 86.7 Å². The predicted octanol–water partition coefficient (Wildman–Crippen LogP) is 4.88. The molecule has 5 aromatic rings. The standard InChI is InChI=1S/C62H74N12O8/c1-39(63-3)55(75)67-49-37-71(35-33-47-29-31-51(73(47)59(49)79)57(77)69-53(41-17-9-5-10-18-41)42-19-11-6-12-20-42)61(81)65-45-25-27-46(28-26-45)66-62(82)72-36-34-48-30-32-52(74(48)60(80)50(38-72)68-56(76)40(2)64-4)58(78)70-54(43-21-13-7-14-22-43)44-23-15-8-16-24-44/h5-28,39-40,47-54,63-64H,29-38H2,1-4H3,(H,65,81)(H,66,82)(H,67,75)(H,68,76)(H,69,77)(H,70,78)/t39-,40-,47+,48+,49-,50-,51-,52-/m0/s1. The maximum absolute atomic E-state index is 14.8. The van der Waals surface area contributed by atoms with E-state index in [0.717, 1.165) is 22.3 Å². The van der Waals surface area contributed by atoms with Crippen molar-refractivity contribution in [1.29, 1.82) is 0 Å². The number of carbonyl (C=O) groups is 8. The van der Waals surface area contributed by atoms with Crippen molar-refractivity contribution < 1.29 is 38.4 Å². The third-order valence-electron chi connectivity index (χ3n) is 16.3. The Labute approximate surface area is 478 Å². The summed E-state index contributed by atoms with van der Waals surface area (Å²) in [6.07, 6.45) is 2.61. The van der Waals surface area contributed by atoms with Gasteiger partial charge < -0.3 is 62.1 Å². The molecule has 8 N–H and O–H groups in total. The lowest BCUT2D eigenvalue weighted by Gasteiger charge is -2.39. The molecule has 10 amide bonds. The summed E-state index contributed by atoms with van der Waals surface area (Å²) in [6, 6.07) is 37.0. The van der Waals surface area contributed by atoms with E-state index in [1.165, 1.54) is 9.80 Å². The number of fused-ring (bicyclic) bond motifs is 2. The van der Waals surface area contributed by atoms with Crippen molar-refractivity contribution in [1.82, 2.24) is 51.5 Å². The molecule has 0 aliphatic carbocycles. The van der Waals surface area contributed by atoms with Crippen LogP contribution >= 0.6 is 0 Å². The Hall–Kier alpha value is -8.62. The number of benzene rings is 5. The van der Waals surface area contributed by atoms with Crippen molar-refractivity contribution in [2.45, 2.75) is 113 Å². The van der Waals surface area contributed by atoms with E-state index in [1.807, 2.05) is 121 Å². The molecule has 0 radical (unpaired) electrons. The minimum atomic E-state index is -1.17. The van der Waals surface area contributed by atoms with E-state index in [1.54, 1.807) is 62.0 Å². The van der Waals surface area contributed by atoms with Crippen molar-refractivity contribution in [3.05, 3.63) is 168 Å². The molecule has 4 heterocycles. The van der Waals surface area contributed by atoms with E-state index in [4.69, 9.17) is 0 Å². The van der Waals surface area contributed by atoms with Gasteiger partial charge in [0.05, 0.1) is 37.3 Å². The smallest absolute Gasteiger partial charge is 0.321 e. The summed E-state index contributed by atoms with van der Waals surface area (Å²) >= 11 is 0. The molecule has 0 unspecified atom stereocenters. The predicted molar refractivity (Wildman–Crippen MR) is 311 cm³/mol. The largest absolute Gasteiger partial charge is 0.343 e. The lowest BCUT2D eigenvalue weighted by Crippen LogP contribution is -2.62. The average Bonchev–Trinajstić information content (AvgIpc) is 4.22. The molecule has 4 aliphatic heterocycles. The van der Waals surface area contributed by atoms with Gasteiger partial charge in [-0.05, 0) is 113 Å². The molecule has 20 heteroatoms. The van der Waals surface area contributed by atoms with Crippen LogP contribution in [0.4, 0.5) is 21.0 Å². The monoisotopic (exact) mass is 1110 g/mol. The van der Waals surface area contributed by atoms with E-state index in [0.29, 0.717) is 49.9 Å². The van der Waals surface area contributed by atoms with Gasteiger partial charge in [-0.25, -0.2) is 9.59 Å². The molecule has 0 spiro atoms. The molecule has 20 nitrogen and oxygen atoms in total. The molecule has 82 heavy (non-hydrogen) atoms. The number of urea groups is 2. The Balaban J connectivity index is 0.855. The summed E-state index contributed by atoms with van der Waals surface area (Å²) in [5.74, 6) is -2.42. The number of hydrogen-bond donors (Lipinski definition) is 8. The summed E-state index contributed by atoms with van der Waals surface area (Å²) in [6.45, 7) is 3.43. The van der Waals surface area contributed by atoms with Gasteiger partial charge in [0, 0.05) is 36.5 Å². The van der Waals surface area contributed by atoms with E-state index in [9.17, 15) is 38.4 Å². The Morgan fingerprint density at radius 1 is 0.439 bits per heavy atom. The van der Waals surface area contributed by atoms with Gasteiger partial charge in [-0.1, -0.05) is 121 Å². The fourth-order valence-electron chi connectivity index (χ4n) is 11.5. The van der Waals surface area contributed by atoms with Crippen molar-refractivity contribution in [2.24, 2.45) is 0 Å². The second-order valence-electron chi connectivity index (χ2n) is 21.6. The maximum Gasteiger partial charge on any atom is 0.321 e. The topological polar surface area (TPSA) is 246 Å². The third kappa shape index (κ3) is 13.6. The van der Waals surface area contributed by atoms with Gasteiger partial charge in [-0.15, -0.1) is 0 Å². The van der Waals surface area contributed by atoms with Gasteiger partial charge in [0.15, 0.2) is 0 Å². The van der Waals surface area contributed by atoms with Gasteiger partial charge in [-0.2, -0.15) is 0 Å². The van der Waals surface area contributed by atoms with Crippen LogP contribution in [-0.4, -0.2) is 156 Å². The van der Waals surface area contributed by atoms with Crippen LogP contribution in [0.25, 0.3) is 0 Å². The second-order valence-corrected chi connectivity index (χ2v) is 21.6. The fraction of sp³-hybridized carbons (Fsp3) is 0.387. The van der Waals surface area contributed by atoms with E-state index in [-0.39, 0.29) is 50.1 Å². The highest BCUT2D eigenvalue weighted by Crippen LogP contribution is 2.34. The number of amides is 10. The quantitative estimate of drug-likeness (QED) is 0.0666. The summed E-state index contributed by atoms with van der Waals surface area (Å²) in [4.78, 5) is 120. The Kier molecular flexibility index (Phi) is 18.9. The lowest BCUT2D eigenvalue weighted by atomic mass is 9.98. The molecule has 0 saturated carbocycles. The number of nitrogens with one attached hydrogen (secondary N) is 8. The number of rotatable bonds is 16. The van der Waals surface area contributed by atoms with Crippen LogP contribution in [0.2, 0.25) is 0 Å². The fourth-order valence-corrected chi connectivity index (χ4v) is 11.5. The molecule has 430 valence electrons. The van der Waals surface area contributed by atoms with Crippen LogP contribution < -0.4 is 42.5 Å². The first-order chi connectivity index (χ1) is 39.7. The highest BCUT2D eigenvalue weighted by Gasteiger charge is 2.48. The molecule has 0 bridgehead atoms. The molecule has 5 aromatic carbocycles. The zero-order valence-electron chi connectivity index (χ0n) is 46.8. The van der Waals surface area contributed by atoms with Crippen molar-refractivity contribution in [2.75, 3.05) is 50.9 Å². The normalized spacial score (nSPS) is 21.6. The lowest BCUT2D eigenvalue weighted by molar-refractivity contribution is -0.144. The highest BCUT2D eigenvalue weighted by molar-refractivity contribution is 5.97. The summed E-state index contributed by atoms with van der Waals surface area (Å²) in [5.41, 5.74) is 4.33. The van der Waals surface area contributed by atoms with Gasteiger partial charge in [0.25, 0.3) is 0 Å². The number of anilines is 2. The molecule has 4 aliphatic rings. The molecule has 4 saturated heterocycles. The number of likely N-dealkylation sites (N-methyl/N-ethyl adjacent to an activating group) is 2. The first-order valence-corrected chi connectivity index (χ1v) is 28.3. The zero-order chi connectivity index (χ0) is 57.9. The molecular weight excluding hydrogens is 1040 g/mol. The van der Waals surface area contributed by atoms with E-state index in [2.05, 4.69) is 42.5 Å². The number of carbonyl (C=O) groups excluding carboxylic acids is 8.